The second-order valence-corrected chi connectivity index (χ2v) is 6.34. The van der Waals surface area contributed by atoms with E-state index in [9.17, 15) is 5.11 Å². The summed E-state index contributed by atoms with van der Waals surface area (Å²) < 4.78 is 0. The Morgan fingerprint density at radius 2 is 1.89 bits per heavy atom. The second-order valence-electron chi connectivity index (χ2n) is 6.34. The average molecular weight is 258 g/mol. The number of aliphatic hydroxyl groups excluding tert-OH is 2. The minimum Gasteiger partial charge on any atom is -0.396 e. The Morgan fingerprint density at radius 1 is 1.28 bits per heavy atom. The minimum atomic E-state index is 0.0283. The third-order valence-corrected chi connectivity index (χ3v) is 4.37. The summed E-state index contributed by atoms with van der Waals surface area (Å²) in [5.74, 6) is 0.745. The van der Waals surface area contributed by atoms with Crippen molar-refractivity contribution in [3.8, 4) is 0 Å². The Labute approximate surface area is 111 Å². The van der Waals surface area contributed by atoms with Crippen LogP contribution in [0.3, 0.4) is 0 Å². The molecule has 0 aromatic heterocycles. The van der Waals surface area contributed by atoms with Crippen LogP contribution >= 0.6 is 0 Å². The van der Waals surface area contributed by atoms with Gasteiger partial charge in [-0.15, -0.1) is 0 Å². The maximum absolute atomic E-state index is 9.22. The zero-order valence-electron chi connectivity index (χ0n) is 12.2. The predicted molar refractivity (Wildman–Crippen MR) is 74.6 cm³/mol. The number of hydrogen-bond donors (Lipinski definition) is 3. The standard InChI is InChI=1S/C14H30N2O2/c1-14(2,11-15-13(10-18)6-9-17)12-4-7-16(3)8-5-12/h12-13,15,17-18H,4-11H2,1-3H3. The molecule has 1 fully saturated rings. The molecule has 1 saturated heterocycles. The summed E-state index contributed by atoms with van der Waals surface area (Å²) in [6.45, 7) is 8.14. The van der Waals surface area contributed by atoms with Crippen molar-refractivity contribution in [2.24, 2.45) is 11.3 Å². The molecule has 1 unspecified atom stereocenters. The molecule has 18 heavy (non-hydrogen) atoms. The van der Waals surface area contributed by atoms with Gasteiger partial charge in [0.2, 0.25) is 0 Å². The van der Waals surface area contributed by atoms with Gasteiger partial charge in [-0.05, 0) is 50.7 Å². The quantitative estimate of drug-likeness (QED) is 0.629. The molecule has 4 heteroatoms. The molecule has 0 aromatic rings. The molecule has 0 bridgehead atoms. The lowest BCUT2D eigenvalue weighted by molar-refractivity contribution is 0.103. The summed E-state index contributed by atoms with van der Waals surface area (Å²) in [5.41, 5.74) is 0.254. The number of rotatable bonds is 7. The first-order chi connectivity index (χ1) is 8.49. The topological polar surface area (TPSA) is 55.7 Å². The van der Waals surface area contributed by atoms with Crippen molar-refractivity contribution in [2.45, 2.75) is 39.2 Å². The Kier molecular flexibility index (Phi) is 6.57. The molecule has 1 aliphatic heterocycles. The van der Waals surface area contributed by atoms with Crippen LogP contribution in [0, 0.1) is 11.3 Å². The van der Waals surface area contributed by atoms with E-state index < -0.39 is 0 Å². The summed E-state index contributed by atoms with van der Waals surface area (Å²) in [7, 11) is 2.19. The maximum atomic E-state index is 9.22. The van der Waals surface area contributed by atoms with E-state index in [1.54, 1.807) is 0 Å². The fourth-order valence-electron chi connectivity index (χ4n) is 2.76. The Morgan fingerprint density at radius 3 is 2.39 bits per heavy atom. The van der Waals surface area contributed by atoms with Gasteiger partial charge < -0.3 is 20.4 Å². The van der Waals surface area contributed by atoms with Gasteiger partial charge >= 0.3 is 0 Å². The molecular weight excluding hydrogens is 228 g/mol. The van der Waals surface area contributed by atoms with Crippen LogP contribution < -0.4 is 5.32 Å². The van der Waals surface area contributed by atoms with Gasteiger partial charge in [-0.3, -0.25) is 0 Å². The monoisotopic (exact) mass is 258 g/mol. The largest absolute Gasteiger partial charge is 0.396 e. The molecule has 0 aromatic carbocycles. The highest BCUT2D eigenvalue weighted by atomic mass is 16.3. The van der Waals surface area contributed by atoms with Gasteiger partial charge in [-0.25, -0.2) is 0 Å². The molecule has 0 saturated carbocycles. The van der Waals surface area contributed by atoms with E-state index in [0.717, 1.165) is 12.5 Å². The Bertz CT molecular complexity index is 226. The number of hydrogen-bond acceptors (Lipinski definition) is 4. The fraction of sp³-hybridized carbons (Fsp3) is 1.00. The first-order valence-electron chi connectivity index (χ1n) is 7.13. The van der Waals surface area contributed by atoms with Crippen LogP contribution in [0.25, 0.3) is 0 Å². The first kappa shape index (κ1) is 15.9. The minimum absolute atomic E-state index is 0.0283. The van der Waals surface area contributed by atoms with E-state index in [-0.39, 0.29) is 24.7 Å². The Hall–Kier alpha value is -0.160. The van der Waals surface area contributed by atoms with E-state index in [0.29, 0.717) is 6.42 Å². The number of nitrogens with zero attached hydrogens (tertiary/aromatic N) is 1. The van der Waals surface area contributed by atoms with E-state index >= 15 is 0 Å². The second kappa shape index (κ2) is 7.43. The number of likely N-dealkylation sites (tertiary alicyclic amines) is 1. The maximum Gasteiger partial charge on any atom is 0.0585 e. The van der Waals surface area contributed by atoms with E-state index in [4.69, 9.17) is 5.11 Å². The van der Waals surface area contributed by atoms with Crippen molar-refractivity contribution < 1.29 is 10.2 Å². The Balaban J connectivity index is 2.38. The van der Waals surface area contributed by atoms with Crippen LogP contribution in [0.5, 0.6) is 0 Å². The highest BCUT2D eigenvalue weighted by molar-refractivity contribution is 4.85. The molecule has 1 rings (SSSR count). The van der Waals surface area contributed by atoms with Crippen molar-refractivity contribution in [1.82, 2.24) is 10.2 Å². The lowest BCUT2D eigenvalue weighted by Crippen LogP contribution is -2.45. The van der Waals surface area contributed by atoms with Crippen LogP contribution in [0.4, 0.5) is 0 Å². The summed E-state index contributed by atoms with van der Waals surface area (Å²) >= 11 is 0. The van der Waals surface area contributed by atoms with Gasteiger partial charge in [0.1, 0.15) is 0 Å². The van der Waals surface area contributed by atoms with E-state index in [1.165, 1.54) is 25.9 Å². The van der Waals surface area contributed by atoms with Crippen LogP contribution in [-0.4, -0.2) is 61.1 Å². The first-order valence-corrected chi connectivity index (χ1v) is 7.13. The molecule has 1 atom stereocenters. The lowest BCUT2D eigenvalue weighted by Gasteiger charge is -2.40. The van der Waals surface area contributed by atoms with Gasteiger partial charge in [0.05, 0.1) is 6.61 Å². The zero-order chi connectivity index (χ0) is 13.6. The molecule has 0 radical (unpaired) electrons. The van der Waals surface area contributed by atoms with Gasteiger partial charge in [0, 0.05) is 19.2 Å². The average Bonchev–Trinajstić information content (AvgIpc) is 2.35. The van der Waals surface area contributed by atoms with E-state index in [2.05, 4.69) is 31.1 Å². The van der Waals surface area contributed by atoms with Crippen LogP contribution in [0.1, 0.15) is 33.1 Å². The summed E-state index contributed by atoms with van der Waals surface area (Å²) in [6, 6.07) is 0.0283. The number of piperidine rings is 1. The van der Waals surface area contributed by atoms with Crippen molar-refractivity contribution in [3.05, 3.63) is 0 Å². The SMILES string of the molecule is CN1CCC(C(C)(C)CNC(CO)CCO)CC1. The predicted octanol–water partition coefficient (Wildman–Crippen LogP) is 0.687. The highest BCUT2D eigenvalue weighted by Gasteiger charge is 2.31. The van der Waals surface area contributed by atoms with Crippen molar-refractivity contribution in [3.63, 3.8) is 0 Å². The summed E-state index contributed by atoms with van der Waals surface area (Å²) in [4.78, 5) is 2.39. The smallest absolute Gasteiger partial charge is 0.0585 e. The molecule has 3 N–H and O–H groups in total. The molecular formula is C14H30N2O2. The van der Waals surface area contributed by atoms with Crippen LogP contribution in [0.2, 0.25) is 0 Å². The molecule has 0 amide bonds. The van der Waals surface area contributed by atoms with Crippen molar-refractivity contribution in [1.29, 1.82) is 0 Å². The fourth-order valence-corrected chi connectivity index (χ4v) is 2.76. The molecule has 0 aliphatic carbocycles. The van der Waals surface area contributed by atoms with Gasteiger partial charge in [-0.1, -0.05) is 13.8 Å². The summed E-state index contributed by atoms with van der Waals surface area (Å²) in [6.07, 6.45) is 3.14. The molecule has 1 aliphatic rings. The van der Waals surface area contributed by atoms with E-state index in [1.807, 2.05) is 0 Å². The van der Waals surface area contributed by atoms with Gasteiger partial charge in [-0.2, -0.15) is 0 Å². The number of aliphatic hydroxyl groups is 2. The normalized spacial score (nSPS) is 21.2. The molecule has 4 nitrogen and oxygen atoms in total. The molecule has 1 heterocycles. The third kappa shape index (κ3) is 4.84. The van der Waals surface area contributed by atoms with Gasteiger partial charge in [0.15, 0.2) is 0 Å². The molecule has 0 spiro atoms. The van der Waals surface area contributed by atoms with Crippen LogP contribution in [0.15, 0.2) is 0 Å². The van der Waals surface area contributed by atoms with Crippen LogP contribution in [-0.2, 0) is 0 Å². The summed E-state index contributed by atoms with van der Waals surface area (Å²) in [5, 5.41) is 21.5. The number of nitrogens with one attached hydrogen (secondary N) is 1. The lowest BCUT2D eigenvalue weighted by atomic mass is 9.73. The third-order valence-electron chi connectivity index (χ3n) is 4.37. The zero-order valence-corrected chi connectivity index (χ0v) is 12.2. The van der Waals surface area contributed by atoms with Gasteiger partial charge in [0.25, 0.3) is 0 Å². The van der Waals surface area contributed by atoms with Crippen molar-refractivity contribution >= 4 is 0 Å². The van der Waals surface area contributed by atoms with Crippen molar-refractivity contribution in [2.75, 3.05) is 39.9 Å². The molecule has 108 valence electrons. The highest BCUT2D eigenvalue weighted by Crippen LogP contribution is 2.34.